The SMILES string of the molecule is C#CCCC(CC1CC2CCC1C2)NN. The summed E-state index contributed by atoms with van der Waals surface area (Å²) < 4.78 is 0. The van der Waals surface area contributed by atoms with E-state index in [1.54, 1.807) is 0 Å². The molecule has 2 rings (SSSR count). The second-order valence-electron chi connectivity index (χ2n) is 5.28. The predicted octanol–water partition coefficient (Wildman–Crippen LogP) is 2.06. The van der Waals surface area contributed by atoms with Gasteiger partial charge in [0.2, 0.25) is 0 Å². The van der Waals surface area contributed by atoms with Gasteiger partial charge in [-0.2, -0.15) is 0 Å². The van der Waals surface area contributed by atoms with Crippen LogP contribution in [0.15, 0.2) is 0 Å². The van der Waals surface area contributed by atoms with Crippen LogP contribution < -0.4 is 11.3 Å². The molecule has 0 aliphatic heterocycles. The van der Waals surface area contributed by atoms with Gasteiger partial charge in [0.15, 0.2) is 0 Å². The zero-order chi connectivity index (χ0) is 10.7. The molecule has 2 fully saturated rings. The molecule has 0 amide bonds. The third-order valence-electron chi connectivity index (χ3n) is 4.34. The minimum Gasteiger partial charge on any atom is -0.271 e. The first-order valence-corrected chi connectivity index (χ1v) is 6.23. The van der Waals surface area contributed by atoms with E-state index in [1.165, 1.54) is 32.1 Å². The zero-order valence-electron chi connectivity index (χ0n) is 9.41. The Hall–Kier alpha value is -0.520. The van der Waals surface area contributed by atoms with Gasteiger partial charge in [-0.05, 0) is 49.9 Å². The molecule has 0 aromatic heterocycles. The molecule has 0 aromatic carbocycles. The molecule has 4 unspecified atom stereocenters. The summed E-state index contributed by atoms with van der Waals surface area (Å²) in [6, 6.07) is 0.436. The van der Waals surface area contributed by atoms with E-state index in [0.717, 1.165) is 30.6 Å². The summed E-state index contributed by atoms with van der Waals surface area (Å²) in [5, 5.41) is 0. The van der Waals surface area contributed by atoms with Crippen LogP contribution in [0.2, 0.25) is 0 Å². The second kappa shape index (κ2) is 5.01. The summed E-state index contributed by atoms with van der Waals surface area (Å²) in [7, 11) is 0. The Kier molecular flexibility index (Phi) is 3.66. The molecule has 2 saturated carbocycles. The highest BCUT2D eigenvalue weighted by molar-refractivity contribution is 4.92. The van der Waals surface area contributed by atoms with Crippen molar-refractivity contribution in [1.82, 2.24) is 5.43 Å². The fourth-order valence-electron chi connectivity index (χ4n) is 3.56. The Labute approximate surface area is 93.0 Å². The maximum Gasteiger partial charge on any atom is 0.0222 e. The molecule has 0 saturated heterocycles. The van der Waals surface area contributed by atoms with Crippen LogP contribution in [-0.2, 0) is 0 Å². The summed E-state index contributed by atoms with van der Waals surface area (Å²) in [5.74, 6) is 11.2. The van der Waals surface area contributed by atoms with Gasteiger partial charge >= 0.3 is 0 Å². The average Bonchev–Trinajstić information content (AvgIpc) is 2.85. The van der Waals surface area contributed by atoms with Crippen LogP contribution in [0.1, 0.15) is 44.9 Å². The Balaban J connectivity index is 1.77. The lowest BCUT2D eigenvalue weighted by Gasteiger charge is -2.26. The first-order valence-electron chi connectivity index (χ1n) is 6.23. The fourth-order valence-corrected chi connectivity index (χ4v) is 3.56. The van der Waals surface area contributed by atoms with Gasteiger partial charge in [0, 0.05) is 12.5 Å². The number of nitrogens with one attached hydrogen (secondary N) is 1. The number of hydrogen-bond acceptors (Lipinski definition) is 2. The van der Waals surface area contributed by atoms with E-state index in [4.69, 9.17) is 12.3 Å². The van der Waals surface area contributed by atoms with E-state index in [1.807, 2.05) is 0 Å². The molecule has 2 aliphatic carbocycles. The fraction of sp³-hybridized carbons (Fsp3) is 0.846. The summed E-state index contributed by atoms with van der Waals surface area (Å²) >= 11 is 0. The molecule has 2 heteroatoms. The van der Waals surface area contributed by atoms with Crippen LogP contribution in [0.3, 0.4) is 0 Å². The predicted molar refractivity (Wildman–Crippen MR) is 62.7 cm³/mol. The van der Waals surface area contributed by atoms with Crippen LogP contribution in [-0.4, -0.2) is 6.04 Å². The summed E-state index contributed by atoms with van der Waals surface area (Å²) in [4.78, 5) is 0. The first-order chi connectivity index (χ1) is 7.33. The standard InChI is InChI=1S/C13H22N2/c1-2-3-4-13(15-14)9-12-8-10-5-6-11(12)7-10/h1,10-13,15H,3-9,14H2. The van der Waals surface area contributed by atoms with Crippen molar-refractivity contribution in [3.8, 4) is 12.3 Å². The van der Waals surface area contributed by atoms with E-state index < -0.39 is 0 Å². The van der Waals surface area contributed by atoms with Gasteiger partial charge in [0.25, 0.3) is 0 Å². The van der Waals surface area contributed by atoms with Gasteiger partial charge in [-0.15, -0.1) is 12.3 Å². The van der Waals surface area contributed by atoms with E-state index >= 15 is 0 Å². The number of nitrogens with two attached hydrogens (primary N) is 1. The maximum atomic E-state index is 5.57. The smallest absolute Gasteiger partial charge is 0.0222 e. The monoisotopic (exact) mass is 206 g/mol. The molecular weight excluding hydrogens is 184 g/mol. The molecule has 2 nitrogen and oxygen atoms in total. The minimum absolute atomic E-state index is 0.436. The number of rotatable bonds is 5. The molecule has 2 bridgehead atoms. The van der Waals surface area contributed by atoms with Crippen molar-refractivity contribution in [1.29, 1.82) is 0 Å². The van der Waals surface area contributed by atoms with E-state index in [-0.39, 0.29) is 0 Å². The lowest BCUT2D eigenvalue weighted by Crippen LogP contribution is -2.37. The highest BCUT2D eigenvalue weighted by Gasteiger charge is 2.39. The van der Waals surface area contributed by atoms with Crippen molar-refractivity contribution in [3.05, 3.63) is 0 Å². The Morgan fingerprint density at radius 1 is 1.40 bits per heavy atom. The number of hydrazine groups is 1. The van der Waals surface area contributed by atoms with Crippen molar-refractivity contribution in [2.45, 2.75) is 51.0 Å². The lowest BCUT2D eigenvalue weighted by molar-refractivity contribution is 0.273. The van der Waals surface area contributed by atoms with E-state index in [9.17, 15) is 0 Å². The molecule has 0 heterocycles. The zero-order valence-corrected chi connectivity index (χ0v) is 9.41. The number of hydrogen-bond donors (Lipinski definition) is 2. The highest BCUT2D eigenvalue weighted by atomic mass is 15.2. The van der Waals surface area contributed by atoms with Crippen molar-refractivity contribution in [2.75, 3.05) is 0 Å². The summed E-state index contributed by atoms with van der Waals surface area (Å²) in [6.07, 6.45) is 14.3. The molecule has 0 spiro atoms. The maximum absolute atomic E-state index is 5.57. The first kappa shape index (κ1) is 11.0. The molecular formula is C13H22N2. The molecule has 2 aliphatic rings. The lowest BCUT2D eigenvalue weighted by atomic mass is 9.83. The summed E-state index contributed by atoms with van der Waals surface area (Å²) in [5.41, 5.74) is 2.93. The van der Waals surface area contributed by atoms with Gasteiger partial charge < -0.3 is 0 Å². The Bertz CT molecular complexity index is 243. The van der Waals surface area contributed by atoms with E-state index in [2.05, 4.69) is 11.3 Å². The Morgan fingerprint density at radius 2 is 2.27 bits per heavy atom. The molecule has 15 heavy (non-hydrogen) atoms. The highest BCUT2D eigenvalue weighted by Crippen LogP contribution is 2.49. The van der Waals surface area contributed by atoms with Gasteiger partial charge in [0.05, 0.1) is 0 Å². The van der Waals surface area contributed by atoms with E-state index in [0.29, 0.717) is 6.04 Å². The largest absolute Gasteiger partial charge is 0.271 e. The molecule has 3 N–H and O–H groups in total. The quantitative estimate of drug-likeness (QED) is 0.410. The van der Waals surface area contributed by atoms with Crippen LogP contribution in [0, 0.1) is 30.1 Å². The molecule has 0 aromatic rings. The van der Waals surface area contributed by atoms with Crippen LogP contribution >= 0.6 is 0 Å². The molecule has 84 valence electrons. The van der Waals surface area contributed by atoms with Crippen molar-refractivity contribution < 1.29 is 0 Å². The topological polar surface area (TPSA) is 38.0 Å². The summed E-state index contributed by atoms with van der Waals surface area (Å²) in [6.45, 7) is 0. The second-order valence-corrected chi connectivity index (χ2v) is 5.28. The average molecular weight is 206 g/mol. The number of terminal acetylenes is 1. The van der Waals surface area contributed by atoms with Crippen molar-refractivity contribution in [3.63, 3.8) is 0 Å². The van der Waals surface area contributed by atoms with Crippen molar-refractivity contribution in [2.24, 2.45) is 23.6 Å². The van der Waals surface area contributed by atoms with Crippen LogP contribution in [0.5, 0.6) is 0 Å². The van der Waals surface area contributed by atoms with Gasteiger partial charge in [-0.25, -0.2) is 0 Å². The number of fused-ring (bicyclic) bond motifs is 2. The third-order valence-corrected chi connectivity index (χ3v) is 4.34. The van der Waals surface area contributed by atoms with Crippen molar-refractivity contribution >= 4 is 0 Å². The van der Waals surface area contributed by atoms with Crippen LogP contribution in [0.4, 0.5) is 0 Å². The minimum atomic E-state index is 0.436. The molecule has 0 radical (unpaired) electrons. The van der Waals surface area contributed by atoms with Gasteiger partial charge in [0.1, 0.15) is 0 Å². The molecule has 4 atom stereocenters. The normalized spacial score (nSPS) is 35.3. The third kappa shape index (κ3) is 2.53. The van der Waals surface area contributed by atoms with Gasteiger partial charge in [-0.3, -0.25) is 11.3 Å². The Morgan fingerprint density at radius 3 is 2.80 bits per heavy atom. The van der Waals surface area contributed by atoms with Crippen LogP contribution in [0.25, 0.3) is 0 Å². The van der Waals surface area contributed by atoms with Gasteiger partial charge in [-0.1, -0.05) is 6.42 Å².